The van der Waals surface area contributed by atoms with Gasteiger partial charge in [-0.05, 0) is 46.5 Å². The lowest BCUT2D eigenvalue weighted by Crippen LogP contribution is -2.11. The summed E-state index contributed by atoms with van der Waals surface area (Å²) in [5.41, 5.74) is 3.21. The van der Waals surface area contributed by atoms with E-state index in [-0.39, 0.29) is 5.91 Å². The highest BCUT2D eigenvalue weighted by atomic mass is 32.1. The molecule has 0 fully saturated rings. The molecule has 0 spiro atoms. The van der Waals surface area contributed by atoms with Crippen molar-refractivity contribution in [3.63, 3.8) is 0 Å². The number of anilines is 1. The molecule has 0 saturated heterocycles. The van der Waals surface area contributed by atoms with E-state index < -0.39 is 0 Å². The minimum atomic E-state index is -0.127. The van der Waals surface area contributed by atoms with Crippen LogP contribution in [0.1, 0.15) is 15.9 Å². The SMILES string of the molecule is Cc1ccc(NC(=O)c2ccsc2)cc1-n1cnnn1. The van der Waals surface area contributed by atoms with Crippen molar-refractivity contribution in [2.45, 2.75) is 6.92 Å². The van der Waals surface area contributed by atoms with Crippen molar-refractivity contribution in [3.8, 4) is 5.69 Å². The van der Waals surface area contributed by atoms with Crippen LogP contribution in [0.5, 0.6) is 0 Å². The van der Waals surface area contributed by atoms with Crippen molar-refractivity contribution < 1.29 is 4.79 Å². The van der Waals surface area contributed by atoms with Crippen LogP contribution in [-0.4, -0.2) is 26.1 Å². The Bertz CT molecular complexity index is 721. The molecule has 100 valence electrons. The second-order valence-electron chi connectivity index (χ2n) is 4.22. The topological polar surface area (TPSA) is 72.7 Å². The Morgan fingerprint density at radius 2 is 2.25 bits per heavy atom. The zero-order valence-corrected chi connectivity index (χ0v) is 11.5. The number of hydrogen-bond acceptors (Lipinski definition) is 5. The normalized spacial score (nSPS) is 10.4. The van der Waals surface area contributed by atoms with Crippen molar-refractivity contribution in [1.29, 1.82) is 0 Å². The second-order valence-corrected chi connectivity index (χ2v) is 5.00. The van der Waals surface area contributed by atoms with E-state index in [4.69, 9.17) is 0 Å². The monoisotopic (exact) mass is 285 g/mol. The van der Waals surface area contributed by atoms with E-state index in [1.807, 2.05) is 35.9 Å². The number of rotatable bonds is 3. The van der Waals surface area contributed by atoms with Crippen LogP contribution in [0.2, 0.25) is 0 Å². The first kappa shape index (κ1) is 12.5. The first-order valence-electron chi connectivity index (χ1n) is 5.91. The van der Waals surface area contributed by atoms with Gasteiger partial charge < -0.3 is 5.32 Å². The number of tetrazole rings is 1. The molecular formula is C13H11N5OS. The molecule has 20 heavy (non-hydrogen) atoms. The van der Waals surface area contributed by atoms with Gasteiger partial charge >= 0.3 is 0 Å². The number of hydrogen-bond donors (Lipinski definition) is 1. The maximum Gasteiger partial charge on any atom is 0.256 e. The minimum absolute atomic E-state index is 0.127. The summed E-state index contributed by atoms with van der Waals surface area (Å²) in [5, 5.41) is 17.6. The van der Waals surface area contributed by atoms with Crippen LogP contribution >= 0.6 is 11.3 Å². The quantitative estimate of drug-likeness (QED) is 0.801. The molecular weight excluding hydrogens is 274 g/mol. The van der Waals surface area contributed by atoms with Crippen molar-refractivity contribution in [1.82, 2.24) is 20.2 Å². The van der Waals surface area contributed by atoms with E-state index in [1.165, 1.54) is 17.7 Å². The zero-order chi connectivity index (χ0) is 13.9. The smallest absolute Gasteiger partial charge is 0.256 e. The summed E-state index contributed by atoms with van der Waals surface area (Å²) in [6.45, 7) is 1.96. The number of thiophene rings is 1. The summed E-state index contributed by atoms with van der Waals surface area (Å²) in [5.74, 6) is -0.127. The number of aryl methyl sites for hydroxylation is 1. The van der Waals surface area contributed by atoms with Gasteiger partial charge in [0.25, 0.3) is 5.91 Å². The lowest BCUT2D eigenvalue weighted by Gasteiger charge is -2.09. The Kier molecular flexibility index (Phi) is 3.26. The fraction of sp³-hybridized carbons (Fsp3) is 0.0769. The second kappa shape index (κ2) is 5.22. The van der Waals surface area contributed by atoms with E-state index in [2.05, 4.69) is 20.8 Å². The fourth-order valence-electron chi connectivity index (χ4n) is 1.80. The van der Waals surface area contributed by atoms with Crippen LogP contribution in [0.3, 0.4) is 0 Å². The van der Waals surface area contributed by atoms with Crippen LogP contribution in [0.15, 0.2) is 41.4 Å². The predicted molar refractivity (Wildman–Crippen MR) is 76.2 cm³/mol. The first-order valence-corrected chi connectivity index (χ1v) is 6.86. The zero-order valence-electron chi connectivity index (χ0n) is 10.6. The molecule has 0 aliphatic carbocycles. The predicted octanol–water partition coefficient (Wildman–Crippen LogP) is 2.28. The van der Waals surface area contributed by atoms with Crippen molar-refractivity contribution in [2.24, 2.45) is 0 Å². The van der Waals surface area contributed by atoms with Gasteiger partial charge in [0.15, 0.2) is 0 Å². The van der Waals surface area contributed by atoms with E-state index >= 15 is 0 Å². The number of nitrogens with zero attached hydrogens (tertiary/aromatic N) is 4. The number of carbonyl (C=O) groups is 1. The number of carbonyl (C=O) groups excluding carboxylic acids is 1. The maximum atomic E-state index is 12.0. The van der Waals surface area contributed by atoms with Crippen molar-refractivity contribution >= 4 is 22.9 Å². The molecule has 1 N–H and O–H groups in total. The van der Waals surface area contributed by atoms with Crippen LogP contribution in [0.25, 0.3) is 5.69 Å². The molecule has 7 heteroatoms. The largest absolute Gasteiger partial charge is 0.322 e. The Hall–Kier alpha value is -2.54. The van der Waals surface area contributed by atoms with Gasteiger partial charge in [0, 0.05) is 11.1 Å². The number of aromatic nitrogens is 4. The molecule has 2 heterocycles. The summed E-state index contributed by atoms with van der Waals surface area (Å²) >= 11 is 1.49. The van der Waals surface area contributed by atoms with E-state index in [0.717, 1.165) is 11.3 Å². The van der Waals surface area contributed by atoms with Gasteiger partial charge in [-0.2, -0.15) is 11.3 Å². The molecule has 0 aliphatic rings. The molecule has 0 bridgehead atoms. The summed E-state index contributed by atoms with van der Waals surface area (Å²) in [6, 6.07) is 7.40. The van der Waals surface area contributed by atoms with Crippen molar-refractivity contribution in [2.75, 3.05) is 5.32 Å². The standard InChI is InChI=1S/C13H11N5OS/c1-9-2-3-11(6-12(9)18-8-14-16-17-18)15-13(19)10-4-5-20-7-10/h2-8H,1H3,(H,15,19). The lowest BCUT2D eigenvalue weighted by molar-refractivity contribution is 0.102. The Morgan fingerprint density at radius 1 is 1.35 bits per heavy atom. The summed E-state index contributed by atoms with van der Waals surface area (Å²) in [6.07, 6.45) is 1.52. The third-order valence-electron chi connectivity index (χ3n) is 2.85. The molecule has 1 aromatic carbocycles. The molecule has 2 aromatic heterocycles. The highest BCUT2D eigenvalue weighted by Crippen LogP contribution is 2.19. The number of benzene rings is 1. The van der Waals surface area contributed by atoms with Crippen LogP contribution in [-0.2, 0) is 0 Å². The molecule has 0 aliphatic heterocycles. The molecule has 0 atom stereocenters. The van der Waals surface area contributed by atoms with Gasteiger partial charge in [-0.15, -0.1) is 5.10 Å². The van der Waals surface area contributed by atoms with Gasteiger partial charge in [-0.1, -0.05) is 6.07 Å². The Morgan fingerprint density at radius 3 is 2.95 bits per heavy atom. The van der Waals surface area contributed by atoms with Crippen LogP contribution < -0.4 is 5.32 Å². The lowest BCUT2D eigenvalue weighted by atomic mass is 10.1. The van der Waals surface area contributed by atoms with E-state index in [1.54, 1.807) is 10.7 Å². The highest BCUT2D eigenvalue weighted by molar-refractivity contribution is 7.08. The molecule has 0 radical (unpaired) electrons. The average molecular weight is 285 g/mol. The van der Waals surface area contributed by atoms with Crippen LogP contribution in [0.4, 0.5) is 5.69 Å². The molecule has 3 aromatic rings. The van der Waals surface area contributed by atoms with Crippen LogP contribution in [0, 0.1) is 6.92 Å². The Labute approximate surface area is 119 Å². The summed E-state index contributed by atoms with van der Waals surface area (Å²) < 4.78 is 1.57. The molecule has 1 amide bonds. The van der Waals surface area contributed by atoms with Crippen molar-refractivity contribution in [3.05, 3.63) is 52.5 Å². The average Bonchev–Trinajstić information content (AvgIpc) is 3.14. The Balaban J connectivity index is 1.88. The minimum Gasteiger partial charge on any atom is -0.322 e. The molecule has 3 rings (SSSR count). The molecule has 0 unspecified atom stereocenters. The summed E-state index contributed by atoms with van der Waals surface area (Å²) in [7, 11) is 0. The third-order valence-corrected chi connectivity index (χ3v) is 3.53. The third kappa shape index (κ3) is 2.43. The number of nitrogens with one attached hydrogen (secondary N) is 1. The van der Waals surface area contributed by atoms with Gasteiger partial charge in [0.05, 0.1) is 11.3 Å². The first-order chi connectivity index (χ1) is 9.74. The highest BCUT2D eigenvalue weighted by Gasteiger charge is 2.09. The van der Waals surface area contributed by atoms with E-state index in [9.17, 15) is 4.79 Å². The molecule has 0 saturated carbocycles. The van der Waals surface area contributed by atoms with Gasteiger partial charge in [-0.25, -0.2) is 4.68 Å². The van der Waals surface area contributed by atoms with E-state index in [0.29, 0.717) is 11.3 Å². The van der Waals surface area contributed by atoms with Gasteiger partial charge in [0.1, 0.15) is 6.33 Å². The maximum absolute atomic E-state index is 12.0. The fourth-order valence-corrected chi connectivity index (χ4v) is 2.44. The van der Waals surface area contributed by atoms with Gasteiger partial charge in [-0.3, -0.25) is 4.79 Å². The number of amides is 1. The molecule has 6 nitrogen and oxygen atoms in total. The summed E-state index contributed by atoms with van der Waals surface area (Å²) in [4.78, 5) is 12.0. The van der Waals surface area contributed by atoms with Gasteiger partial charge in [0.2, 0.25) is 0 Å².